The summed E-state index contributed by atoms with van der Waals surface area (Å²) >= 11 is 0. The van der Waals surface area contributed by atoms with Gasteiger partial charge in [0.15, 0.2) is 0 Å². The van der Waals surface area contributed by atoms with E-state index >= 15 is 0 Å². The van der Waals surface area contributed by atoms with Crippen molar-refractivity contribution in [3.05, 3.63) is 24.0 Å². The summed E-state index contributed by atoms with van der Waals surface area (Å²) in [5.41, 5.74) is 2.79. The number of anilines is 1. The van der Waals surface area contributed by atoms with Crippen molar-refractivity contribution in [2.45, 2.75) is 57.9 Å². The molecular weight excluding hydrogens is 258 g/mol. The first-order chi connectivity index (χ1) is 9.93. The monoisotopic (exact) mass is 281 g/mol. The third kappa shape index (κ3) is 2.04. The predicted octanol–water partition coefficient (Wildman–Crippen LogP) is 4.11. The molecular formula is C18H23N3. The van der Waals surface area contributed by atoms with Crippen LogP contribution in [0.4, 0.5) is 5.69 Å². The zero-order valence-electron chi connectivity index (χ0n) is 12.9. The lowest BCUT2D eigenvalue weighted by molar-refractivity contribution is -0.0973. The van der Waals surface area contributed by atoms with E-state index in [0.29, 0.717) is 10.8 Å². The summed E-state index contributed by atoms with van der Waals surface area (Å²) in [7, 11) is 0. The molecule has 4 saturated carbocycles. The van der Waals surface area contributed by atoms with Gasteiger partial charge in [-0.3, -0.25) is 4.98 Å². The molecule has 0 amide bonds. The van der Waals surface area contributed by atoms with Gasteiger partial charge in [0.25, 0.3) is 0 Å². The quantitative estimate of drug-likeness (QED) is 0.887. The molecule has 4 aliphatic carbocycles. The third-order valence-corrected chi connectivity index (χ3v) is 5.97. The predicted molar refractivity (Wildman–Crippen MR) is 82.7 cm³/mol. The lowest BCUT2D eigenvalue weighted by Crippen LogP contribution is -2.61. The minimum atomic E-state index is 0.178. The summed E-state index contributed by atoms with van der Waals surface area (Å²) < 4.78 is 0. The van der Waals surface area contributed by atoms with Gasteiger partial charge < -0.3 is 5.32 Å². The standard InChI is InChI=1S/C18H23N3/c1-16-5-13-6-17(2,10-16)12-18(7-13,11-16)21-15-9-20-4-3-14(15)8-19/h3-4,9,13,21H,5-7,10-12H2,1-2H3. The fraction of sp³-hybridized carbons (Fsp3) is 0.667. The van der Waals surface area contributed by atoms with Crippen LogP contribution in [0.15, 0.2) is 18.5 Å². The van der Waals surface area contributed by atoms with Crippen molar-refractivity contribution < 1.29 is 0 Å². The average molecular weight is 281 g/mol. The van der Waals surface area contributed by atoms with Gasteiger partial charge in [-0.2, -0.15) is 5.26 Å². The summed E-state index contributed by atoms with van der Waals surface area (Å²) in [6.07, 6.45) is 11.4. The van der Waals surface area contributed by atoms with Gasteiger partial charge in [0.05, 0.1) is 17.4 Å². The SMILES string of the molecule is CC12CC3CC(C)(C1)CC(Nc1cnccc1C#N)(C3)C2. The molecule has 0 aromatic carbocycles. The second-order valence-electron chi connectivity index (χ2n) is 8.57. The molecule has 3 nitrogen and oxygen atoms in total. The molecule has 21 heavy (non-hydrogen) atoms. The van der Waals surface area contributed by atoms with Crippen LogP contribution in [0.25, 0.3) is 0 Å². The van der Waals surface area contributed by atoms with Gasteiger partial charge in [-0.1, -0.05) is 13.8 Å². The van der Waals surface area contributed by atoms with E-state index in [1.165, 1.54) is 38.5 Å². The second-order valence-corrected chi connectivity index (χ2v) is 8.57. The Balaban J connectivity index is 1.70. The maximum atomic E-state index is 9.31. The fourth-order valence-electron chi connectivity index (χ4n) is 6.46. The first-order valence-corrected chi connectivity index (χ1v) is 8.06. The van der Waals surface area contributed by atoms with Gasteiger partial charge in [0.1, 0.15) is 6.07 Å². The molecule has 110 valence electrons. The zero-order chi connectivity index (χ0) is 14.7. The van der Waals surface area contributed by atoms with E-state index in [-0.39, 0.29) is 5.54 Å². The van der Waals surface area contributed by atoms with E-state index in [9.17, 15) is 5.26 Å². The van der Waals surface area contributed by atoms with Crippen molar-refractivity contribution in [2.24, 2.45) is 16.7 Å². The molecule has 3 heteroatoms. The Morgan fingerprint density at radius 2 is 1.90 bits per heavy atom. The van der Waals surface area contributed by atoms with Crippen LogP contribution in [0.2, 0.25) is 0 Å². The normalized spacial score (nSPS) is 43.6. The highest BCUT2D eigenvalue weighted by molar-refractivity contribution is 5.57. The number of rotatable bonds is 2. The number of pyridine rings is 1. The topological polar surface area (TPSA) is 48.7 Å². The van der Waals surface area contributed by atoms with Crippen LogP contribution in [0.5, 0.6) is 0 Å². The molecule has 1 heterocycles. The highest BCUT2D eigenvalue weighted by atomic mass is 15.0. The number of hydrogen-bond acceptors (Lipinski definition) is 3. The molecule has 4 bridgehead atoms. The lowest BCUT2D eigenvalue weighted by Gasteiger charge is -2.65. The van der Waals surface area contributed by atoms with Gasteiger partial charge in [0, 0.05) is 11.7 Å². The zero-order valence-corrected chi connectivity index (χ0v) is 12.9. The van der Waals surface area contributed by atoms with Gasteiger partial charge in [0.2, 0.25) is 0 Å². The van der Waals surface area contributed by atoms with Gasteiger partial charge in [-0.25, -0.2) is 0 Å². The van der Waals surface area contributed by atoms with Crippen LogP contribution < -0.4 is 5.32 Å². The number of nitriles is 1. The largest absolute Gasteiger partial charge is 0.377 e. The molecule has 4 aliphatic rings. The lowest BCUT2D eigenvalue weighted by atomic mass is 9.43. The van der Waals surface area contributed by atoms with Gasteiger partial charge in [-0.05, 0) is 61.3 Å². The van der Waals surface area contributed by atoms with Crippen LogP contribution in [0.1, 0.15) is 57.9 Å². The van der Waals surface area contributed by atoms with Gasteiger partial charge in [-0.15, -0.1) is 0 Å². The molecule has 2 atom stereocenters. The molecule has 2 unspecified atom stereocenters. The molecule has 1 N–H and O–H groups in total. The Hall–Kier alpha value is -1.56. The van der Waals surface area contributed by atoms with Crippen LogP contribution >= 0.6 is 0 Å². The number of nitrogens with zero attached hydrogens (tertiary/aromatic N) is 2. The molecule has 5 rings (SSSR count). The Bertz CT molecular complexity index is 612. The van der Waals surface area contributed by atoms with Crippen LogP contribution in [-0.2, 0) is 0 Å². The molecule has 1 aromatic heterocycles. The van der Waals surface area contributed by atoms with Crippen LogP contribution in [0.3, 0.4) is 0 Å². The Morgan fingerprint density at radius 1 is 1.19 bits per heavy atom. The summed E-state index contributed by atoms with van der Waals surface area (Å²) in [5, 5.41) is 13.1. The van der Waals surface area contributed by atoms with Crippen LogP contribution in [-0.4, -0.2) is 10.5 Å². The highest BCUT2D eigenvalue weighted by Crippen LogP contribution is 2.66. The summed E-state index contributed by atoms with van der Waals surface area (Å²) in [4.78, 5) is 4.21. The Morgan fingerprint density at radius 3 is 2.52 bits per heavy atom. The first kappa shape index (κ1) is 13.1. The maximum Gasteiger partial charge on any atom is 0.101 e. The summed E-state index contributed by atoms with van der Waals surface area (Å²) in [5.74, 6) is 0.853. The highest BCUT2D eigenvalue weighted by Gasteiger charge is 2.60. The molecule has 0 aliphatic heterocycles. The Labute approximate surface area is 126 Å². The van der Waals surface area contributed by atoms with E-state index in [2.05, 4.69) is 30.2 Å². The second kappa shape index (κ2) is 4.00. The maximum absolute atomic E-state index is 9.31. The smallest absolute Gasteiger partial charge is 0.101 e. The Kier molecular flexibility index (Phi) is 2.50. The summed E-state index contributed by atoms with van der Waals surface area (Å²) in [6, 6.07) is 4.11. The van der Waals surface area contributed by atoms with E-state index in [4.69, 9.17) is 0 Å². The van der Waals surface area contributed by atoms with E-state index in [1.54, 1.807) is 6.20 Å². The van der Waals surface area contributed by atoms with E-state index in [0.717, 1.165) is 17.2 Å². The first-order valence-electron chi connectivity index (χ1n) is 8.06. The van der Waals surface area contributed by atoms with E-state index in [1.807, 2.05) is 12.3 Å². The van der Waals surface area contributed by atoms with Crippen molar-refractivity contribution >= 4 is 5.69 Å². The van der Waals surface area contributed by atoms with Crippen LogP contribution in [0, 0.1) is 28.1 Å². The van der Waals surface area contributed by atoms with E-state index < -0.39 is 0 Å². The van der Waals surface area contributed by atoms with Crippen molar-refractivity contribution in [1.82, 2.24) is 4.98 Å². The van der Waals surface area contributed by atoms with Crippen molar-refractivity contribution in [3.63, 3.8) is 0 Å². The fourth-order valence-corrected chi connectivity index (χ4v) is 6.46. The van der Waals surface area contributed by atoms with Crippen molar-refractivity contribution in [2.75, 3.05) is 5.32 Å². The number of nitrogens with one attached hydrogen (secondary N) is 1. The summed E-state index contributed by atoms with van der Waals surface area (Å²) in [6.45, 7) is 4.95. The molecule has 0 spiro atoms. The molecule has 0 saturated heterocycles. The van der Waals surface area contributed by atoms with Crippen molar-refractivity contribution in [3.8, 4) is 6.07 Å². The third-order valence-electron chi connectivity index (χ3n) is 5.97. The number of aromatic nitrogens is 1. The molecule has 4 fully saturated rings. The van der Waals surface area contributed by atoms with Crippen molar-refractivity contribution in [1.29, 1.82) is 5.26 Å². The van der Waals surface area contributed by atoms with Gasteiger partial charge >= 0.3 is 0 Å². The molecule has 0 radical (unpaired) electrons. The minimum Gasteiger partial charge on any atom is -0.377 e. The number of hydrogen-bond donors (Lipinski definition) is 1. The minimum absolute atomic E-state index is 0.178. The average Bonchev–Trinajstić information content (AvgIpc) is 2.34. The molecule has 1 aromatic rings.